The predicted octanol–water partition coefficient (Wildman–Crippen LogP) is 2.33. The van der Waals surface area contributed by atoms with Gasteiger partial charge in [0.05, 0.1) is 6.10 Å². The van der Waals surface area contributed by atoms with Crippen LogP contribution in [0.5, 0.6) is 0 Å². The standard InChI is InChI=1S/C16H30N2O2/c1-20-15-9-11-18(13-15)12-10-16(19)17-14-7-5-3-2-4-6-8-14/h14-15H,2-13H2,1H3,(H,17,19)/t15-/m1/s1. The van der Waals surface area contributed by atoms with Crippen molar-refractivity contribution in [3.8, 4) is 0 Å². The molecule has 1 saturated heterocycles. The zero-order valence-corrected chi connectivity index (χ0v) is 12.9. The number of nitrogens with one attached hydrogen (secondary N) is 1. The number of likely N-dealkylation sites (tertiary alicyclic amines) is 1. The summed E-state index contributed by atoms with van der Waals surface area (Å²) in [5.41, 5.74) is 0. The Balaban J connectivity index is 1.62. The zero-order chi connectivity index (χ0) is 14.2. The molecule has 116 valence electrons. The van der Waals surface area contributed by atoms with Gasteiger partial charge in [0.15, 0.2) is 0 Å². The fraction of sp³-hybridized carbons (Fsp3) is 0.938. The summed E-state index contributed by atoms with van der Waals surface area (Å²) in [5, 5.41) is 3.24. The van der Waals surface area contributed by atoms with Gasteiger partial charge in [0, 0.05) is 39.2 Å². The summed E-state index contributed by atoms with van der Waals surface area (Å²) in [7, 11) is 1.77. The molecule has 4 heteroatoms. The number of methoxy groups -OCH3 is 1. The minimum Gasteiger partial charge on any atom is -0.380 e. The van der Waals surface area contributed by atoms with Crippen LogP contribution >= 0.6 is 0 Å². The van der Waals surface area contributed by atoms with Crippen molar-refractivity contribution in [3.05, 3.63) is 0 Å². The van der Waals surface area contributed by atoms with Gasteiger partial charge in [-0.3, -0.25) is 4.79 Å². The molecule has 2 aliphatic rings. The quantitative estimate of drug-likeness (QED) is 0.841. The van der Waals surface area contributed by atoms with Crippen molar-refractivity contribution in [2.45, 2.75) is 69.9 Å². The van der Waals surface area contributed by atoms with Gasteiger partial charge >= 0.3 is 0 Å². The first-order valence-electron chi connectivity index (χ1n) is 8.32. The highest BCUT2D eigenvalue weighted by molar-refractivity contribution is 5.76. The molecule has 1 aliphatic carbocycles. The molecule has 1 aliphatic heterocycles. The zero-order valence-electron chi connectivity index (χ0n) is 12.9. The Morgan fingerprint density at radius 2 is 1.85 bits per heavy atom. The third-order valence-electron chi connectivity index (χ3n) is 4.69. The van der Waals surface area contributed by atoms with Gasteiger partial charge in [0.2, 0.25) is 5.91 Å². The van der Waals surface area contributed by atoms with Gasteiger partial charge < -0.3 is 15.0 Å². The molecule has 1 N–H and O–H groups in total. The van der Waals surface area contributed by atoms with E-state index in [4.69, 9.17) is 4.74 Å². The Morgan fingerprint density at radius 3 is 2.50 bits per heavy atom. The molecule has 0 aromatic carbocycles. The second kappa shape index (κ2) is 8.63. The molecule has 0 aromatic rings. The summed E-state index contributed by atoms with van der Waals surface area (Å²) in [6.45, 7) is 2.92. The number of carbonyl (C=O) groups excluding carboxylic acids is 1. The molecule has 2 rings (SSSR count). The van der Waals surface area contributed by atoms with Crippen molar-refractivity contribution >= 4 is 5.91 Å². The average molecular weight is 282 g/mol. The summed E-state index contributed by atoms with van der Waals surface area (Å²) in [6.07, 6.45) is 11.0. The lowest BCUT2D eigenvalue weighted by Crippen LogP contribution is -2.37. The van der Waals surface area contributed by atoms with Gasteiger partial charge in [-0.05, 0) is 19.3 Å². The van der Waals surface area contributed by atoms with Crippen LogP contribution in [0.3, 0.4) is 0 Å². The molecule has 2 fully saturated rings. The molecule has 20 heavy (non-hydrogen) atoms. The fourth-order valence-electron chi connectivity index (χ4n) is 3.35. The molecular weight excluding hydrogens is 252 g/mol. The van der Waals surface area contributed by atoms with E-state index >= 15 is 0 Å². The SMILES string of the molecule is CO[C@@H]1CCN(CCC(=O)NC2CCCCCCC2)C1. The summed E-state index contributed by atoms with van der Waals surface area (Å²) < 4.78 is 5.35. The normalized spacial score (nSPS) is 26.1. The van der Waals surface area contributed by atoms with Crippen molar-refractivity contribution in [1.82, 2.24) is 10.2 Å². The molecule has 1 saturated carbocycles. The van der Waals surface area contributed by atoms with Crippen LogP contribution in [-0.2, 0) is 9.53 Å². The van der Waals surface area contributed by atoms with Crippen LogP contribution in [0, 0.1) is 0 Å². The number of carbonyl (C=O) groups is 1. The van der Waals surface area contributed by atoms with Gasteiger partial charge in [-0.25, -0.2) is 0 Å². The minimum atomic E-state index is 0.233. The van der Waals surface area contributed by atoms with Crippen molar-refractivity contribution in [3.63, 3.8) is 0 Å². The van der Waals surface area contributed by atoms with Crippen LogP contribution in [-0.4, -0.2) is 49.7 Å². The molecule has 0 bridgehead atoms. The van der Waals surface area contributed by atoms with Crippen molar-refractivity contribution in [2.75, 3.05) is 26.7 Å². The summed E-state index contributed by atoms with van der Waals surface area (Å²) in [5.74, 6) is 0.233. The second-order valence-corrected chi connectivity index (χ2v) is 6.31. The first-order chi connectivity index (χ1) is 9.78. The maximum absolute atomic E-state index is 12.0. The van der Waals surface area contributed by atoms with E-state index in [2.05, 4.69) is 10.2 Å². The third-order valence-corrected chi connectivity index (χ3v) is 4.69. The van der Waals surface area contributed by atoms with E-state index in [1.807, 2.05) is 0 Å². The molecule has 0 unspecified atom stereocenters. The highest BCUT2D eigenvalue weighted by Gasteiger charge is 2.22. The van der Waals surface area contributed by atoms with Gasteiger partial charge in [-0.15, -0.1) is 0 Å². The van der Waals surface area contributed by atoms with Crippen molar-refractivity contribution in [2.24, 2.45) is 0 Å². The summed E-state index contributed by atoms with van der Waals surface area (Å²) in [4.78, 5) is 14.4. The number of rotatable bonds is 5. The lowest BCUT2D eigenvalue weighted by atomic mass is 9.96. The first-order valence-corrected chi connectivity index (χ1v) is 8.32. The van der Waals surface area contributed by atoms with E-state index in [9.17, 15) is 4.79 Å². The van der Waals surface area contributed by atoms with E-state index in [0.717, 1.165) is 26.1 Å². The fourth-order valence-corrected chi connectivity index (χ4v) is 3.35. The number of nitrogens with zero attached hydrogens (tertiary/aromatic N) is 1. The molecule has 1 amide bonds. The number of ether oxygens (including phenoxy) is 1. The largest absolute Gasteiger partial charge is 0.380 e. The molecule has 1 atom stereocenters. The van der Waals surface area contributed by atoms with E-state index in [1.54, 1.807) is 7.11 Å². The highest BCUT2D eigenvalue weighted by atomic mass is 16.5. The summed E-state index contributed by atoms with van der Waals surface area (Å²) >= 11 is 0. The van der Waals surface area contributed by atoms with E-state index in [-0.39, 0.29) is 5.91 Å². The van der Waals surface area contributed by atoms with Gasteiger partial charge in [0.25, 0.3) is 0 Å². The third kappa shape index (κ3) is 5.41. The van der Waals surface area contributed by atoms with Gasteiger partial charge in [-0.1, -0.05) is 32.1 Å². The molecule has 0 radical (unpaired) electrons. The van der Waals surface area contributed by atoms with E-state index in [0.29, 0.717) is 18.6 Å². The molecule has 0 aromatic heterocycles. The van der Waals surface area contributed by atoms with Crippen LogP contribution < -0.4 is 5.32 Å². The molecular formula is C16H30N2O2. The Labute approximate surface area is 123 Å². The number of hydrogen-bond donors (Lipinski definition) is 1. The van der Waals surface area contributed by atoms with Crippen molar-refractivity contribution < 1.29 is 9.53 Å². The minimum absolute atomic E-state index is 0.233. The Bertz CT molecular complexity index is 288. The number of hydrogen-bond acceptors (Lipinski definition) is 3. The Morgan fingerprint density at radius 1 is 1.15 bits per heavy atom. The Hall–Kier alpha value is -0.610. The lowest BCUT2D eigenvalue weighted by Gasteiger charge is -2.22. The van der Waals surface area contributed by atoms with E-state index in [1.165, 1.54) is 44.9 Å². The van der Waals surface area contributed by atoms with Crippen LogP contribution in [0.15, 0.2) is 0 Å². The lowest BCUT2D eigenvalue weighted by molar-refractivity contribution is -0.122. The highest BCUT2D eigenvalue weighted by Crippen LogP contribution is 2.17. The van der Waals surface area contributed by atoms with Crippen LogP contribution in [0.25, 0.3) is 0 Å². The first kappa shape index (κ1) is 15.8. The molecule has 1 heterocycles. The predicted molar refractivity (Wildman–Crippen MR) is 80.7 cm³/mol. The summed E-state index contributed by atoms with van der Waals surface area (Å²) in [6, 6.07) is 0.424. The van der Waals surface area contributed by atoms with Gasteiger partial charge in [-0.2, -0.15) is 0 Å². The second-order valence-electron chi connectivity index (χ2n) is 6.31. The monoisotopic (exact) mass is 282 g/mol. The van der Waals surface area contributed by atoms with Gasteiger partial charge in [0.1, 0.15) is 0 Å². The topological polar surface area (TPSA) is 41.6 Å². The average Bonchev–Trinajstić information content (AvgIpc) is 2.87. The maximum Gasteiger partial charge on any atom is 0.221 e. The maximum atomic E-state index is 12.0. The smallest absolute Gasteiger partial charge is 0.221 e. The molecule has 4 nitrogen and oxygen atoms in total. The van der Waals surface area contributed by atoms with Crippen LogP contribution in [0.2, 0.25) is 0 Å². The number of amides is 1. The molecule has 0 spiro atoms. The van der Waals surface area contributed by atoms with Crippen LogP contribution in [0.1, 0.15) is 57.8 Å². The Kier molecular flexibility index (Phi) is 6.80. The van der Waals surface area contributed by atoms with Crippen LogP contribution in [0.4, 0.5) is 0 Å². The van der Waals surface area contributed by atoms with Crippen molar-refractivity contribution in [1.29, 1.82) is 0 Å². The van der Waals surface area contributed by atoms with E-state index < -0.39 is 0 Å².